The molecule has 1 rings (SSSR count). The molecule has 0 saturated carbocycles. The fraction of sp³-hybridized carbons (Fsp3) is 0.923. The molecule has 0 aromatic carbocycles. The Kier molecular flexibility index (Phi) is 7.80. The molecule has 3 nitrogen and oxygen atoms in total. The van der Waals surface area contributed by atoms with Crippen LogP contribution in [0, 0.1) is 17.8 Å². The first kappa shape index (κ1) is 16.7. The van der Waals surface area contributed by atoms with Gasteiger partial charge in [-0.05, 0) is 37.1 Å². The number of nitrogens with zero attached hydrogens (tertiary/aromatic N) is 1. The van der Waals surface area contributed by atoms with Crippen LogP contribution in [0.15, 0.2) is 0 Å². The number of rotatable bonds is 5. The van der Waals surface area contributed by atoms with Gasteiger partial charge in [0, 0.05) is 19.5 Å². The first-order valence-electron chi connectivity index (χ1n) is 6.50. The smallest absolute Gasteiger partial charge is 0.222 e. The average Bonchev–Trinajstić information content (AvgIpc) is 2.64. The van der Waals surface area contributed by atoms with Crippen LogP contribution >= 0.6 is 12.4 Å². The molecule has 1 heterocycles. The molecule has 0 bridgehead atoms. The second-order valence-corrected chi connectivity index (χ2v) is 5.67. The number of halogens is 1. The molecule has 4 heteroatoms. The van der Waals surface area contributed by atoms with Crippen LogP contribution in [0.1, 0.15) is 40.0 Å². The van der Waals surface area contributed by atoms with Gasteiger partial charge in [-0.15, -0.1) is 12.4 Å². The van der Waals surface area contributed by atoms with Crippen LogP contribution in [0.4, 0.5) is 0 Å². The number of hydrogen-bond acceptors (Lipinski definition) is 2. The second-order valence-electron chi connectivity index (χ2n) is 5.67. The molecule has 1 amide bonds. The Morgan fingerprint density at radius 1 is 1.41 bits per heavy atom. The molecule has 1 aliphatic rings. The van der Waals surface area contributed by atoms with Crippen molar-refractivity contribution in [2.24, 2.45) is 23.5 Å². The number of carbonyl (C=O) groups excluding carboxylic acids is 1. The van der Waals surface area contributed by atoms with Crippen molar-refractivity contribution in [2.75, 3.05) is 19.6 Å². The van der Waals surface area contributed by atoms with Crippen LogP contribution in [0.5, 0.6) is 0 Å². The van der Waals surface area contributed by atoms with E-state index >= 15 is 0 Å². The van der Waals surface area contributed by atoms with Crippen molar-refractivity contribution < 1.29 is 4.79 Å². The highest BCUT2D eigenvalue weighted by atomic mass is 35.5. The molecule has 2 unspecified atom stereocenters. The second kappa shape index (κ2) is 7.93. The largest absolute Gasteiger partial charge is 0.342 e. The van der Waals surface area contributed by atoms with Gasteiger partial charge in [-0.3, -0.25) is 4.79 Å². The summed E-state index contributed by atoms with van der Waals surface area (Å²) in [5.41, 5.74) is 5.63. The van der Waals surface area contributed by atoms with E-state index in [-0.39, 0.29) is 12.4 Å². The zero-order valence-corrected chi connectivity index (χ0v) is 12.1. The highest BCUT2D eigenvalue weighted by Gasteiger charge is 2.25. The van der Waals surface area contributed by atoms with Crippen LogP contribution in [0.25, 0.3) is 0 Å². The molecular weight excluding hydrogens is 236 g/mol. The SMILES string of the molecule is CC(C)CC(C)CC(=O)N1CCC(CN)C1.Cl. The lowest BCUT2D eigenvalue weighted by atomic mass is 9.95. The summed E-state index contributed by atoms with van der Waals surface area (Å²) in [5, 5.41) is 0. The number of amides is 1. The molecule has 17 heavy (non-hydrogen) atoms. The predicted octanol–water partition coefficient (Wildman–Crippen LogP) is 2.29. The Hall–Kier alpha value is -0.280. The Morgan fingerprint density at radius 2 is 2.06 bits per heavy atom. The van der Waals surface area contributed by atoms with Crippen molar-refractivity contribution in [1.29, 1.82) is 0 Å². The molecule has 0 aromatic rings. The van der Waals surface area contributed by atoms with E-state index in [2.05, 4.69) is 20.8 Å². The fourth-order valence-corrected chi connectivity index (χ4v) is 2.57. The Labute approximate surface area is 112 Å². The first-order chi connectivity index (χ1) is 7.52. The maximum Gasteiger partial charge on any atom is 0.222 e. The molecule has 2 atom stereocenters. The summed E-state index contributed by atoms with van der Waals surface area (Å²) >= 11 is 0. The van der Waals surface area contributed by atoms with Gasteiger partial charge >= 0.3 is 0 Å². The topological polar surface area (TPSA) is 46.3 Å². The van der Waals surface area contributed by atoms with Crippen molar-refractivity contribution >= 4 is 18.3 Å². The van der Waals surface area contributed by atoms with Gasteiger partial charge in [-0.25, -0.2) is 0 Å². The lowest BCUT2D eigenvalue weighted by molar-refractivity contribution is -0.131. The fourth-order valence-electron chi connectivity index (χ4n) is 2.57. The zero-order chi connectivity index (χ0) is 12.1. The van der Waals surface area contributed by atoms with E-state index in [4.69, 9.17) is 5.73 Å². The quantitative estimate of drug-likeness (QED) is 0.826. The molecule has 1 saturated heterocycles. The molecular formula is C13H27ClN2O. The third-order valence-corrected chi connectivity index (χ3v) is 3.37. The van der Waals surface area contributed by atoms with Crippen LogP contribution in [0.3, 0.4) is 0 Å². The van der Waals surface area contributed by atoms with Gasteiger partial charge in [0.05, 0.1) is 0 Å². The normalized spacial score (nSPS) is 21.5. The van der Waals surface area contributed by atoms with Gasteiger partial charge < -0.3 is 10.6 Å². The minimum absolute atomic E-state index is 0. The standard InChI is InChI=1S/C13H26N2O.ClH/c1-10(2)6-11(3)7-13(16)15-5-4-12(8-14)9-15;/h10-12H,4-9,14H2,1-3H3;1H. The average molecular weight is 263 g/mol. The van der Waals surface area contributed by atoms with E-state index in [0.29, 0.717) is 36.6 Å². The van der Waals surface area contributed by atoms with Gasteiger partial charge in [-0.1, -0.05) is 20.8 Å². The maximum atomic E-state index is 12.0. The first-order valence-corrected chi connectivity index (χ1v) is 6.50. The van der Waals surface area contributed by atoms with Crippen LogP contribution in [-0.4, -0.2) is 30.4 Å². The van der Waals surface area contributed by atoms with E-state index in [0.717, 1.165) is 25.9 Å². The van der Waals surface area contributed by atoms with Crippen LogP contribution < -0.4 is 5.73 Å². The highest BCUT2D eigenvalue weighted by molar-refractivity contribution is 5.85. The van der Waals surface area contributed by atoms with E-state index in [1.807, 2.05) is 4.90 Å². The maximum absolute atomic E-state index is 12.0. The van der Waals surface area contributed by atoms with E-state index in [9.17, 15) is 4.79 Å². The van der Waals surface area contributed by atoms with Gasteiger partial charge in [-0.2, -0.15) is 0 Å². The van der Waals surface area contributed by atoms with Gasteiger partial charge in [0.2, 0.25) is 5.91 Å². The van der Waals surface area contributed by atoms with Crippen molar-refractivity contribution in [3.63, 3.8) is 0 Å². The molecule has 0 spiro atoms. The highest BCUT2D eigenvalue weighted by Crippen LogP contribution is 2.20. The summed E-state index contributed by atoms with van der Waals surface area (Å²) in [5.74, 6) is 2.04. The van der Waals surface area contributed by atoms with Crippen LogP contribution in [0.2, 0.25) is 0 Å². The van der Waals surface area contributed by atoms with Crippen molar-refractivity contribution in [2.45, 2.75) is 40.0 Å². The summed E-state index contributed by atoms with van der Waals surface area (Å²) in [7, 11) is 0. The van der Waals surface area contributed by atoms with Gasteiger partial charge in [0.15, 0.2) is 0 Å². The molecule has 0 aliphatic carbocycles. The Balaban J connectivity index is 0.00000256. The minimum Gasteiger partial charge on any atom is -0.342 e. The van der Waals surface area contributed by atoms with E-state index in [1.165, 1.54) is 0 Å². The van der Waals surface area contributed by atoms with Crippen molar-refractivity contribution in [3.05, 3.63) is 0 Å². The van der Waals surface area contributed by atoms with Crippen molar-refractivity contribution in [1.82, 2.24) is 4.90 Å². The molecule has 0 aromatic heterocycles. The minimum atomic E-state index is 0. The number of likely N-dealkylation sites (tertiary alicyclic amines) is 1. The monoisotopic (exact) mass is 262 g/mol. The summed E-state index contributed by atoms with van der Waals surface area (Å²) < 4.78 is 0. The summed E-state index contributed by atoms with van der Waals surface area (Å²) in [6, 6.07) is 0. The van der Waals surface area contributed by atoms with Crippen molar-refractivity contribution in [3.8, 4) is 0 Å². The number of hydrogen-bond donors (Lipinski definition) is 1. The Morgan fingerprint density at radius 3 is 2.53 bits per heavy atom. The molecule has 2 N–H and O–H groups in total. The third-order valence-electron chi connectivity index (χ3n) is 3.37. The molecule has 1 fully saturated rings. The molecule has 1 aliphatic heterocycles. The lowest BCUT2D eigenvalue weighted by Crippen LogP contribution is -2.31. The van der Waals surface area contributed by atoms with Gasteiger partial charge in [0.25, 0.3) is 0 Å². The third kappa shape index (κ3) is 5.73. The van der Waals surface area contributed by atoms with Crippen LogP contribution in [-0.2, 0) is 4.79 Å². The lowest BCUT2D eigenvalue weighted by Gasteiger charge is -2.20. The number of carbonyl (C=O) groups is 1. The zero-order valence-electron chi connectivity index (χ0n) is 11.3. The van der Waals surface area contributed by atoms with E-state index < -0.39 is 0 Å². The van der Waals surface area contributed by atoms with Gasteiger partial charge in [0.1, 0.15) is 0 Å². The summed E-state index contributed by atoms with van der Waals surface area (Å²) in [6.45, 7) is 9.10. The summed E-state index contributed by atoms with van der Waals surface area (Å²) in [4.78, 5) is 14.0. The Bertz CT molecular complexity index is 233. The predicted molar refractivity (Wildman–Crippen MR) is 74.2 cm³/mol. The summed E-state index contributed by atoms with van der Waals surface area (Å²) in [6.07, 6.45) is 2.93. The molecule has 0 radical (unpaired) electrons. The number of nitrogens with two attached hydrogens (primary N) is 1. The van der Waals surface area contributed by atoms with E-state index in [1.54, 1.807) is 0 Å². The molecule has 102 valence electrons.